The molecule has 0 fully saturated rings. The second kappa shape index (κ2) is 15.0. The fourth-order valence-electron chi connectivity index (χ4n) is 10.9. The van der Waals surface area contributed by atoms with Crippen LogP contribution in [0.4, 0.5) is 17.1 Å². The van der Waals surface area contributed by atoms with E-state index in [0.717, 1.165) is 66.9 Å². The molecule has 0 saturated carbocycles. The molecule has 9 aromatic carbocycles. The van der Waals surface area contributed by atoms with Crippen molar-refractivity contribution < 1.29 is 0 Å². The predicted octanol–water partition coefficient (Wildman–Crippen LogP) is 16.0. The molecule has 0 spiro atoms. The van der Waals surface area contributed by atoms with Crippen LogP contribution in [0.2, 0.25) is 0 Å². The lowest BCUT2D eigenvalue weighted by molar-refractivity contribution is 0.660. The summed E-state index contributed by atoms with van der Waals surface area (Å²) in [6, 6.07) is 78.8. The number of benzene rings is 9. The fraction of sp³-hybridized carbons (Fsp3) is 0.0645. The van der Waals surface area contributed by atoms with Gasteiger partial charge in [0, 0.05) is 67.7 Å². The zero-order chi connectivity index (χ0) is 44.8. The third kappa shape index (κ3) is 6.08. The van der Waals surface area contributed by atoms with Crippen molar-refractivity contribution >= 4 is 60.7 Å². The molecule has 0 N–H and O–H groups in total. The molecular weight excluding hydrogens is 815 g/mol. The van der Waals surface area contributed by atoms with Crippen molar-refractivity contribution in [3.63, 3.8) is 0 Å². The normalized spacial score (nSPS) is 12.8. The molecule has 0 atom stereocenters. The highest BCUT2D eigenvalue weighted by Gasteiger charge is 2.36. The fourth-order valence-corrected chi connectivity index (χ4v) is 10.9. The molecule has 0 unspecified atom stereocenters. The van der Waals surface area contributed by atoms with Gasteiger partial charge in [0.05, 0.1) is 27.9 Å². The van der Waals surface area contributed by atoms with E-state index in [9.17, 15) is 0 Å². The van der Waals surface area contributed by atoms with Gasteiger partial charge in [0.1, 0.15) is 0 Å². The average Bonchev–Trinajstić information content (AvgIpc) is 3.96. The second-order valence-electron chi connectivity index (χ2n) is 18.3. The van der Waals surface area contributed by atoms with Gasteiger partial charge in [0.15, 0.2) is 0 Å². The summed E-state index contributed by atoms with van der Waals surface area (Å²) in [5.41, 5.74) is 19.0. The molecule has 0 saturated heterocycles. The first-order valence-corrected chi connectivity index (χ1v) is 23.1. The lowest BCUT2D eigenvalue weighted by atomic mass is 9.82. The number of anilines is 3. The van der Waals surface area contributed by atoms with Crippen molar-refractivity contribution in [1.29, 1.82) is 0 Å². The predicted molar refractivity (Wildman–Crippen MR) is 279 cm³/mol. The Bertz CT molecular complexity index is 3830. The molecule has 1 aliphatic carbocycles. The summed E-state index contributed by atoms with van der Waals surface area (Å²) in [5, 5.41) is 4.67. The van der Waals surface area contributed by atoms with E-state index in [1.54, 1.807) is 0 Å². The molecule has 3 heterocycles. The van der Waals surface area contributed by atoms with Gasteiger partial charge in [0.2, 0.25) is 5.95 Å². The van der Waals surface area contributed by atoms with Crippen LogP contribution in [-0.2, 0) is 12.5 Å². The van der Waals surface area contributed by atoms with E-state index >= 15 is 0 Å². The number of hydrogen-bond donors (Lipinski definition) is 0. The van der Waals surface area contributed by atoms with Gasteiger partial charge in [-0.2, -0.15) is 0 Å². The van der Waals surface area contributed by atoms with Crippen molar-refractivity contribution in [2.45, 2.75) is 19.3 Å². The first-order chi connectivity index (χ1) is 32.9. The Morgan fingerprint density at radius 3 is 1.63 bits per heavy atom. The molecule has 67 heavy (non-hydrogen) atoms. The molecule has 1 aliphatic rings. The Morgan fingerprint density at radius 2 is 0.925 bits per heavy atom. The first kappa shape index (κ1) is 38.9. The van der Waals surface area contributed by atoms with Crippen LogP contribution in [0.25, 0.3) is 94.3 Å². The summed E-state index contributed by atoms with van der Waals surface area (Å²) in [6.45, 7) is 4.71. The number of fused-ring (bicyclic) bond motifs is 10. The molecule has 5 heteroatoms. The number of nitrogens with zero attached hydrogens (tertiary/aromatic N) is 5. The van der Waals surface area contributed by atoms with E-state index < -0.39 is 0 Å². The number of para-hydroxylation sites is 1. The summed E-state index contributed by atoms with van der Waals surface area (Å²) >= 11 is 0. The van der Waals surface area contributed by atoms with E-state index in [-0.39, 0.29) is 5.41 Å². The molecular formula is C62H45N5. The number of hydrogen-bond acceptors (Lipinski definition) is 3. The van der Waals surface area contributed by atoms with Crippen LogP contribution in [0.15, 0.2) is 218 Å². The highest BCUT2D eigenvalue weighted by molar-refractivity contribution is 6.23. The van der Waals surface area contributed by atoms with E-state index in [4.69, 9.17) is 9.97 Å². The summed E-state index contributed by atoms with van der Waals surface area (Å²) in [6.07, 6.45) is 0. The average molecular weight is 860 g/mol. The van der Waals surface area contributed by atoms with Gasteiger partial charge in [0.25, 0.3) is 0 Å². The summed E-state index contributed by atoms with van der Waals surface area (Å²) < 4.78 is 4.65. The molecule has 3 aromatic heterocycles. The van der Waals surface area contributed by atoms with E-state index in [1.807, 2.05) is 0 Å². The van der Waals surface area contributed by atoms with E-state index in [0.29, 0.717) is 5.95 Å². The van der Waals surface area contributed by atoms with Gasteiger partial charge in [-0.25, -0.2) is 9.97 Å². The standard InChI is InChI=1S/C62H45N5/c1-62(2)53-25-15-13-23-47(53)48-33-31-46(38-54(48)62)66(44-29-27-41(28-30-44)40-17-7-4-8-18-40)45-32-36-58-52(37-45)51-35-34-50-49-24-14-16-26-57(49)65(3)59(50)60(51)67(58)61-63-55(42-19-9-5-10-20-42)39-56(64-61)43-21-11-6-12-22-43/h4-39H,1-3H3. The van der Waals surface area contributed by atoms with Gasteiger partial charge in [-0.05, 0) is 88.0 Å². The van der Waals surface area contributed by atoms with Gasteiger partial charge in [-0.3, -0.25) is 4.57 Å². The van der Waals surface area contributed by atoms with Crippen LogP contribution in [0.5, 0.6) is 0 Å². The quantitative estimate of drug-likeness (QED) is 0.160. The van der Waals surface area contributed by atoms with Crippen molar-refractivity contribution in [3.8, 4) is 50.7 Å². The Morgan fingerprint density at radius 1 is 0.388 bits per heavy atom. The minimum atomic E-state index is -0.154. The number of aromatic nitrogens is 4. The maximum atomic E-state index is 5.44. The third-order valence-corrected chi connectivity index (χ3v) is 14.1. The Labute approximate surface area is 389 Å². The zero-order valence-corrected chi connectivity index (χ0v) is 37.5. The highest BCUT2D eigenvalue weighted by Crippen LogP contribution is 2.51. The lowest BCUT2D eigenvalue weighted by Crippen LogP contribution is -2.16. The van der Waals surface area contributed by atoms with Gasteiger partial charge in [-0.1, -0.05) is 178 Å². The summed E-state index contributed by atoms with van der Waals surface area (Å²) in [7, 11) is 2.18. The molecule has 13 rings (SSSR count). The minimum Gasteiger partial charge on any atom is -0.342 e. The summed E-state index contributed by atoms with van der Waals surface area (Å²) in [5.74, 6) is 0.625. The van der Waals surface area contributed by atoms with Gasteiger partial charge < -0.3 is 9.47 Å². The zero-order valence-electron chi connectivity index (χ0n) is 37.5. The van der Waals surface area contributed by atoms with Crippen LogP contribution in [0, 0.1) is 0 Å². The highest BCUT2D eigenvalue weighted by atomic mass is 15.2. The molecule has 12 aromatic rings. The molecule has 0 amide bonds. The first-order valence-electron chi connectivity index (χ1n) is 23.1. The Kier molecular flexibility index (Phi) is 8.71. The van der Waals surface area contributed by atoms with Crippen molar-refractivity contribution in [2.24, 2.45) is 7.05 Å². The van der Waals surface area contributed by atoms with Crippen LogP contribution >= 0.6 is 0 Å². The van der Waals surface area contributed by atoms with E-state index in [2.05, 4.69) is 253 Å². The summed E-state index contributed by atoms with van der Waals surface area (Å²) in [4.78, 5) is 13.3. The van der Waals surface area contributed by atoms with Crippen LogP contribution in [0.1, 0.15) is 25.0 Å². The molecule has 0 aliphatic heterocycles. The monoisotopic (exact) mass is 859 g/mol. The Balaban J connectivity index is 1.08. The second-order valence-corrected chi connectivity index (χ2v) is 18.3. The van der Waals surface area contributed by atoms with Gasteiger partial charge >= 0.3 is 0 Å². The van der Waals surface area contributed by atoms with E-state index in [1.165, 1.54) is 49.7 Å². The molecule has 318 valence electrons. The smallest absolute Gasteiger partial charge is 0.235 e. The lowest BCUT2D eigenvalue weighted by Gasteiger charge is -2.28. The maximum absolute atomic E-state index is 5.44. The third-order valence-electron chi connectivity index (χ3n) is 14.1. The molecule has 0 bridgehead atoms. The number of aryl methyl sites for hydroxylation is 1. The van der Waals surface area contributed by atoms with Crippen molar-refractivity contribution in [1.82, 2.24) is 19.1 Å². The number of rotatable bonds is 7. The largest absolute Gasteiger partial charge is 0.342 e. The molecule has 0 radical (unpaired) electrons. The van der Waals surface area contributed by atoms with Crippen molar-refractivity contribution in [2.75, 3.05) is 4.90 Å². The minimum absolute atomic E-state index is 0.154. The SMILES string of the molecule is Cn1c2ccccc2c2ccc3c4cc(N(c5ccc(-c6ccccc6)cc5)c5ccc6c(c5)C(C)(C)c5ccccc5-6)ccc4n(-c4nc(-c5ccccc5)cc(-c5ccccc5)n4)c3c21. The topological polar surface area (TPSA) is 38.9 Å². The Hall–Kier alpha value is -8.54. The maximum Gasteiger partial charge on any atom is 0.235 e. The van der Waals surface area contributed by atoms with Crippen LogP contribution in [-0.4, -0.2) is 19.1 Å². The van der Waals surface area contributed by atoms with Crippen molar-refractivity contribution in [3.05, 3.63) is 230 Å². The van der Waals surface area contributed by atoms with Gasteiger partial charge in [-0.15, -0.1) is 0 Å². The molecule has 5 nitrogen and oxygen atoms in total. The van der Waals surface area contributed by atoms with Crippen LogP contribution < -0.4 is 4.90 Å². The van der Waals surface area contributed by atoms with Crippen LogP contribution in [0.3, 0.4) is 0 Å².